The monoisotopic (exact) mass is 266 g/mol. The Labute approximate surface area is 114 Å². The van der Waals surface area contributed by atoms with Crippen molar-refractivity contribution < 1.29 is 9.50 Å². The van der Waals surface area contributed by atoms with Crippen LogP contribution in [-0.4, -0.2) is 32.7 Å². The summed E-state index contributed by atoms with van der Waals surface area (Å²) in [6.07, 6.45) is 4.78. The molecule has 0 saturated carbocycles. The number of aliphatic hydroxyl groups is 1. The van der Waals surface area contributed by atoms with Crippen molar-refractivity contribution in [3.05, 3.63) is 29.8 Å². The van der Waals surface area contributed by atoms with E-state index in [2.05, 4.69) is 37.6 Å². The second-order valence-electron chi connectivity index (χ2n) is 6.69. The van der Waals surface area contributed by atoms with E-state index in [0.717, 1.165) is 18.4 Å². The predicted molar refractivity (Wildman–Crippen MR) is 73.3 cm³/mol. The molecule has 1 N–H and O–H groups in total. The van der Waals surface area contributed by atoms with Gasteiger partial charge in [0, 0.05) is 23.3 Å². The Morgan fingerprint density at radius 2 is 2.16 bits per heavy atom. The number of rotatable bonds is 2. The lowest BCUT2D eigenvalue weighted by Crippen LogP contribution is -2.54. The summed E-state index contributed by atoms with van der Waals surface area (Å²) in [5, 5.41) is 9.75. The van der Waals surface area contributed by atoms with Crippen molar-refractivity contribution in [2.75, 3.05) is 6.61 Å². The molecule has 3 nitrogen and oxygen atoms in total. The molecule has 1 fully saturated rings. The number of hydrogen-bond donors (Lipinski definition) is 1. The predicted octanol–water partition coefficient (Wildman–Crippen LogP) is 2.91. The fourth-order valence-electron chi connectivity index (χ4n) is 3.43. The highest BCUT2D eigenvalue weighted by atomic mass is 19.1. The van der Waals surface area contributed by atoms with E-state index in [4.69, 9.17) is 0 Å². The third-order valence-electron chi connectivity index (χ3n) is 4.02. The molecule has 2 rings (SSSR count). The Bertz CT molecular complexity index is 458. The second kappa shape index (κ2) is 4.84. The van der Waals surface area contributed by atoms with Gasteiger partial charge in [0.2, 0.25) is 0 Å². The van der Waals surface area contributed by atoms with Gasteiger partial charge in [0.25, 0.3) is 0 Å². The van der Waals surface area contributed by atoms with Crippen molar-refractivity contribution >= 4 is 0 Å². The lowest BCUT2D eigenvalue weighted by molar-refractivity contribution is -0.0139. The Morgan fingerprint density at radius 3 is 2.68 bits per heavy atom. The first-order valence-electron chi connectivity index (χ1n) is 6.79. The van der Waals surface area contributed by atoms with Gasteiger partial charge in [-0.15, -0.1) is 0 Å². The lowest BCUT2D eigenvalue weighted by Gasteiger charge is -2.46. The van der Waals surface area contributed by atoms with Gasteiger partial charge in [0.05, 0.1) is 12.8 Å². The Morgan fingerprint density at radius 1 is 1.47 bits per heavy atom. The molecule has 0 aliphatic carbocycles. The second-order valence-corrected chi connectivity index (χ2v) is 6.69. The zero-order chi connectivity index (χ0) is 14.3. The molecule has 0 radical (unpaired) electrons. The van der Waals surface area contributed by atoms with Crippen LogP contribution in [-0.2, 0) is 0 Å². The highest BCUT2D eigenvalue weighted by Gasteiger charge is 2.48. The molecule has 2 atom stereocenters. The summed E-state index contributed by atoms with van der Waals surface area (Å²) >= 11 is 0. The van der Waals surface area contributed by atoms with Crippen LogP contribution < -0.4 is 0 Å². The van der Waals surface area contributed by atoms with Crippen LogP contribution in [0.1, 0.15) is 52.1 Å². The van der Waals surface area contributed by atoms with Crippen LogP contribution in [0.4, 0.5) is 4.39 Å². The highest BCUT2D eigenvalue weighted by molar-refractivity contribution is 5.20. The van der Waals surface area contributed by atoms with E-state index in [9.17, 15) is 9.50 Å². The number of aromatic nitrogens is 1. The van der Waals surface area contributed by atoms with Gasteiger partial charge in [0.1, 0.15) is 5.82 Å². The maximum Gasteiger partial charge on any atom is 0.141 e. The summed E-state index contributed by atoms with van der Waals surface area (Å²) in [5.41, 5.74) is 0.548. The summed E-state index contributed by atoms with van der Waals surface area (Å²) in [6.45, 7) is 8.58. The zero-order valence-electron chi connectivity index (χ0n) is 12.2. The molecule has 0 aromatic carbocycles. The van der Waals surface area contributed by atoms with Crippen molar-refractivity contribution in [1.29, 1.82) is 0 Å². The summed E-state index contributed by atoms with van der Waals surface area (Å²) in [5.74, 6) is -0.302. The average molecular weight is 266 g/mol. The number of nitrogens with zero attached hydrogens (tertiary/aromatic N) is 2. The molecule has 2 unspecified atom stereocenters. The summed E-state index contributed by atoms with van der Waals surface area (Å²) < 4.78 is 13.4. The molecule has 1 aromatic heterocycles. The first-order valence-corrected chi connectivity index (χ1v) is 6.79. The standard InChI is InChI=1S/C15H23FN2O/c1-14(2,3)18-13(5-6-15(18,4)10-19)11-7-12(16)9-17-8-11/h7-9,13,19H,5-6,10H2,1-4H3. The van der Waals surface area contributed by atoms with Crippen molar-refractivity contribution in [3.63, 3.8) is 0 Å². The van der Waals surface area contributed by atoms with E-state index in [0.29, 0.717) is 0 Å². The normalized spacial score (nSPS) is 28.8. The molecule has 0 spiro atoms. The number of pyridine rings is 1. The summed E-state index contributed by atoms with van der Waals surface area (Å²) in [6, 6.07) is 1.67. The van der Waals surface area contributed by atoms with E-state index in [1.54, 1.807) is 12.3 Å². The Kier molecular flexibility index (Phi) is 3.67. The zero-order valence-corrected chi connectivity index (χ0v) is 12.2. The Balaban J connectivity index is 2.41. The van der Waals surface area contributed by atoms with Crippen LogP contribution in [0.3, 0.4) is 0 Å². The van der Waals surface area contributed by atoms with Crippen LogP contribution in [0.25, 0.3) is 0 Å². The van der Waals surface area contributed by atoms with Gasteiger partial charge >= 0.3 is 0 Å². The maximum absolute atomic E-state index is 13.4. The maximum atomic E-state index is 13.4. The van der Waals surface area contributed by atoms with Gasteiger partial charge < -0.3 is 5.11 Å². The third kappa shape index (κ3) is 2.65. The van der Waals surface area contributed by atoms with Gasteiger partial charge in [-0.25, -0.2) is 4.39 Å². The van der Waals surface area contributed by atoms with E-state index >= 15 is 0 Å². The summed E-state index contributed by atoms with van der Waals surface area (Å²) in [7, 11) is 0. The average Bonchev–Trinajstić information content (AvgIpc) is 2.68. The first-order chi connectivity index (χ1) is 8.78. The van der Waals surface area contributed by atoms with Gasteiger partial charge in [-0.1, -0.05) is 0 Å². The number of aliphatic hydroxyl groups excluding tert-OH is 1. The van der Waals surface area contributed by atoms with E-state index in [-0.39, 0.29) is 29.5 Å². The number of hydrogen-bond acceptors (Lipinski definition) is 3. The molecule has 1 aliphatic heterocycles. The minimum Gasteiger partial charge on any atom is -0.394 e. The van der Waals surface area contributed by atoms with E-state index in [1.807, 2.05) is 0 Å². The van der Waals surface area contributed by atoms with Gasteiger partial charge in [0.15, 0.2) is 0 Å². The minimum atomic E-state index is -0.302. The van der Waals surface area contributed by atoms with Crippen molar-refractivity contribution in [1.82, 2.24) is 9.88 Å². The Hall–Kier alpha value is -1.00. The summed E-state index contributed by atoms with van der Waals surface area (Å²) in [4.78, 5) is 6.26. The molecule has 4 heteroatoms. The molecule has 19 heavy (non-hydrogen) atoms. The SMILES string of the molecule is CC(C)(C)N1C(c2cncc(F)c2)CCC1(C)CO. The van der Waals surface area contributed by atoms with Crippen LogP contribution in [0.2, 0.25) is 0 Å². The molecule has 0 amide bonds. The van der Waals surface area contributed by atoms with Crippen LogP contribution in [0.15, 0.2) is 18.5 Å². The minimum absolute atomic E-state index is 0.0923. The van der Waals surface area contributed by atoms with Crippen molar-refractivity contribution in [3.8, 4) is 0 Å². The fourth-order valence-corrected chi connectivity index (χ4v) is 3.43. The smallest absolute Gasteiger partial charge is 0.141 e. The molecular formula is C15H23FN2O. The molecule has 2 heterocycles. The van der Waals surface area contributed by atoms with Crippen LogP contribution in [0.5, 0.6) is 0 Å². The lowest BCUT2D eigenvalue weighted by atomic mass is 9.94. The van der Waals surface area contributed by atoms with Crippen molar-refractivity contribution in [2.24, 2.45) is 0 Å². The first kappa shape index (κ1) is 14.4. The molecule has 1 aromatic rings. The molecule has 106 valence electrons. The van der Waals surface area contributed by atoms with E-state index in [1.165, 1.54) is 6.20 Å². The third-order valence-corrected chi connectivity index (χ3v) is 4.02. The molecule has 1 aliphatic rings. The highest BCUT2D eigenvalue weighted by Crippen LogP contribution is 2.46. The molecule has 1 saturated heterocycles. The van der Waals surface area contributed by atoms with Crippen LogP contribution >= 0.6 is 0 Å². The largest absolute Gasteiger partial charge is 0.394 e. The quantitative estimate of drug-likeness (QED) is 0.894. The van der Waals surface area contributed by atoms with Gasteiger partial charge in [-0.05, 0) is 52.2 Å². The fraction of sp³-hybridized carbons (Fsp3) is 0.667. The van der Waals surface area contributed by atoms with Crippen molar-refractivity contribution in [2.45, 2.75) is 57.7 Å². The number of likely N-dealkylation sites (tertiary alicyclic amines) is 1. The number of halogens is 1. The molecular weight excluding hydrogens is 243 g/mol. The van der Waals surface area contributed by atoms with Gasteiger partial charge in [-0.2, -0.15) is 0 Å². The topological polar surface area (TPSA) is 36.4 Å². The van der Waals surface area contributed by atoms with Crippen LogP contribution in [0, 0.1) is 5.82 Å². The molecule has 0 bridgehead atoms. The van der Waals surface area contributed by atoms with Gasteiger partial charge in [-0.3, -0.25) is 9.88 Å². The van der Waals surface area contributed by atoms with E-state index < -0.39 is 0 Å².